The zero-order chi connectivity index (χ0) is 23.5. The number of benzene rings is 2. The quantitative estimate of drug-likeness (QED) is 0.400. The minimum atomic E-state index is -3.40. The van der Waals surface area contributed by atoms with Crippen LogP contribution in [0.1, 0.15) is 42.3 Å². The summed E-state index contributed by atoms with van der Waals surface area (Å²) in [5.74, 6) is -0.244. The van der Waals surface area contributed by atoms with Crippen LogP contribution in [0.5, 0.6) is 0 Å². The number of thiazole rings is 1. The summed E-state index contributed by atoms with van der Waals surface area (Å²) in [4.78, 5) is 22.5. The van der Waals surface area contributed by atoms with Gasteiger partial charge in [-0.05, 0) is 62.3 Å². The van der Waals surface area contributed by atoms with Crippen molar-refractivity contribution in [3.05, 3.63) is 53.1 Å². The zero-order valence-corrected chi connectivity index (χ0v) is 22.2. The van der Waals surface area contributed by atoms with Gasteiger partial charge in [0.15, 0.2) is 15.0 Å². The van der Waals surface area contributed by atoms with E-state index in [4.69, 9.17) is 4.98 Å². The number of hydrogen-bond donors (Lipinski definition) is 0. The SMILES string of the molecule is CCN(CC)CCN(C(=O)c1cccc(S(=O)(=O)CC)c1)c1nc2cc(C)cc(C)c2s1.Cl. The van der Waals surface area contributed by atoms with Crippen molar-refractivity contribution in [2.45, 2.75) is 39.5 Å². The summed E-state index contributed by atoms with van der Waals surface area (Å²) in [5, 5.41) is 0.634. The highest BCUT2D eigenvalue weighted by molar-refractivity contribution is 7.91. The van der Waals surface area contributed by atoms with E-state index in [-0.39, 0.29) is 29.0 Å². The Morgan fingerprint density at radius 3 is 2.36 bits per heavy atom. The Kier molecular flexibility index (Phi) is 9.43. The minimum Gasteiger partial charge on any atom is -0.302 e. The van der Waals surface area contributed by atoms with Crippen molar-refractivity contribution in [2.24, 2.45) is 0 Å². The fourth-order valence-electron chi connectivity index (χ4n) is 3.69. The van der Waals surface area contributed by atoms with Crippen LogP contribution >= 0.6 is 23.7 Å². The van der Waals surface area contributed by atoms with Gasteiger partial charge in [0.1, 0.15) is 0 Å². The summed E-state index contributed by atoms with van der Waals surface area (Å²) in [6.07, 6.45) is 0. The molecule has 0 atom stereocenters. The molecular weight excluding hydrogens is 478 g/mol. The van der Waals surface area contributed by atoms with Gasteiger partial charge in [-0.2, -0.15) is 0 Å². The van der Waals surface area contributed by atoms with E-state index in [1.54, 1.807) is 30.0 Å². The van der Waals surface area contributed by atoms with E-state index in [1.807, 2.05) is 13.0 Å². The van der Waals surface area contributed by atoms with E-state index in [2.05, 4.69) is 31.7 Å². The number of anilines is 1. The molecule has 0 aliphatic heterocycles. The number of sulfone groups is 1. The number of fused-ring (bicyclic) bond motifs is 1. The lowest BCUT2D eigenvalue weighted by atomic mass is 10.1. The number of likely N-dealkylation sites (N-methyl/N-ethyl adjacent to an activating group) is 1. The van der Waals surface area contributed by atoms with E-state index in [0.717, 1.165) is 34.4 Å². The molecular formula is C24H32ClN3O3S2. The van der Waals surface area contributed by atoms with Crippen LogP contribution in [-0.4, -0.2) is 56.1 Å². The molecule has 1 heterocycles. The largest absolute Gasteiger partial charge is 0.302 e. The molecule has 0 aliphatic rings. The second-order valence-corrected chi connectivity index (χ2v) is 11.1. The van der Waals surface area contributed by atoms with Crippen LogP contribution in [0.2, 0.25) is 0 Å². The molecule has 2 aromatic carbocycles. The first kappa shape index (κ1) is 27.2. The second kappa shape index (κ2) is 11.4. The van der Waals surface area contributed by atoms with Crippen LogP contribution in [0.25, 0.3) is 10.2 Å². The normalized spacial score (nSPS) is 11.6. The lowest BCUT2D eigenvalue weighted by Gasteiger charge is -2.25. The maximum atomic E-state index is 13.6. The van der Waals surface area contributed by atoms with Crippen LogP contribution in [0.4, 0.5) is 5.13 Å². The Morgan fingerprint density at radius 1 is 1.03 bits per heavy atom. The van der Waals surface area contributed by atoms with Crippen molar-refractivity contribution in [1.29, 1.82) is 0 Å². The zero-order valence-electron chi connectivity index (χ0n) is 19.8. The van der Waals surface area contributed by atoms with Crippen LogP contribution in [-0.2, 0) is 9.84 Å². The number of carbonyl (C=O) groups excluding carboxylic acids is 1. The van der Waals surface area contributed by atoms with Crippen molar-refractivity contribution < 1.29 is 13.2 Å². The van der Waals surface area contributed by atoms with Crippen molar-refractivity contribution >= 4 is 54.8 Å². The Morgan fingerprint density at radius 2 is 1.73 bits per heavy atom. The van der Waals surface area contributed by atoms with E-state index in [0.29, 0.717) is 23.8 Å². The first-order valence-electron chi connectivity index (χ1n) is 10.9. The summed E-state index contributed by atoms with van der Waals surface area (Å²) >= 11 is 1.50. The maximum Gasteiger partial charge on any atom is 0.260 e. The number of rotatable bonds is 9. The molecule has 0 N–H and O–H groups in total. The smallest absolute Gasteiger partial charge is 0.260 e. The highest BCUT2D eigenvalue weighted by Crippen LogP contribution is 2.33. The number of amides is 1. The number of aromatic nitrogens is 1. The minimum absolute atomic E-state index is 0. The van der Waals surface area contributed by atoms with E-state index < -0.39 is 9.84 Å². The third-order valence-electron chi connectivity index (χ3n) is 5.64. The molecule has 33 heavy (non-hydrogen) atoms. The lowest BCUT2D eigenvalue weighted by Crippen LogP contribution is -2.39. The lowest BCUT2D eigenvalue weighted by molar-refractivity contribution is 0.0983. The molecule has 0 saturated carbocycles. The van der Waals surface area contributed by atoms with Gasteiger partial charge in [-0.25, -0.2) is 13.4 Å². The van der Waals surface area contributed by atoms with Crippen LogP contribution < -0.4 is 4.90 Å². The number of halogens is 1. The van der Waals surface area contributed by atoms with Crippen LogP contribution in [0, 0.1) is 13.8 Å². The van der Waals surface area contributed by atoms with E-state index in [9.17, 15) is 13.2 Å². The molecule has 1 amide bonds. The molecule has 3 rings (SSSR count). The van der Waals surface area contributed by atoms with Gasteiger partial charge in [-0.15, -0.1) is 12.4 Å². The van der Waals surface area contributed by atoms with Gasteiger partial charge in [0, 0.05) is 18.7 Å². The number of hydrogen-bond acceptors (Lipinski definition) is 6. The predicted molar refractivity (Wildman–Crippen MR) is 140 cm³/mol. The predicted octanol–water partition coefficient (Wildman–Crippen LogP) is 5.12. The molecule has 9 heteroatoms. The third kappa shape index (κ3) is 6.12. The number of nitrogens with zero attached hydrogens (tertiary/aromatic N) is 3. The molecule has 0 spiro atoms. The monoisotopic (exact) mass is 509 g/mol. The first-order valence-corrected chi connectivity index (χ1v) is 13.4. The Balaban J connectivity index is 0.00000385. The molecule has 3 aromatic rings. The molecule has 180 valence electrons. The topological polar surface area (TPSA) is 70.6 Å². The number of carbonyl (C=O) groups is 1. The average Bonchev–Trinajstić information content (AvgIpc) is 3.20. The molecule has 0 unspecified atom stereocenters. The van der Waals surface area contributed by atoms with E-state index in [1.165, 1.54) is 17.4 Å². The standard InChI is InChI=1S/C24H31N3O3S2.ClH/c1-6-26(7-2)12-13-27(24-25-21-15-17(4)14-18(5)22(21)31-24)23(28)19-10-9-11-20(16-19)32(29,30)8-3;/h9-11,14-16H,6-8,12-13H2,1-5H3;1H. The molecule has 0 saturated heterocycles. The molecule has 0 aliphatic carbocycles. The van der Waals surface area contributed by atoms with Gasteiger partial charge in [0.25, 0.3) is 5.91 Å². The summed E-state index contributed by atoms with van der Waals surface area (Å²) in [6.45, 7) is 12.8. The maximum absolute atomic E-state index is 13.6. The molecule has 0 bridgehead atoms. The van der Waals surface area contributed by atoms with Gasteiger partial charge >= 0.3 is 0 Å². The van der Waals surface area contributed by atoms with Gasteiger partial charge in [-0.3, -0.25) is 9.69 Å². The summed E-state index contributed by atoms with van der Waals surface area (Å²) in [5.41, 5.74) is 3.50. The van der Waals surface area contributed by atoms with Crippen molar-refractivity contribution in [1.82, 2.24) is 9.88 Å². The fourth-order valence-corrected chi connectivity index (χ4v) is 5.66. The van der Waals surface area contributed by atoms with Gasteiger partial charge in [-0.1, -0.05) is 44.2 Å². The summed E-state index contributed by atoms with van der Waals surface area (Å²) in [7, 11) is -3.40. The number of aryl methyl sites for hydroxylation is 2. The average molecular weight is 510 g/mol. The van der Waals surface area contributed by atoms with Gasteiger partial charge in [0.2, 0.25) is 0 Å². The molecule has 0 fully saturated rings. The summed E-state index contributed by atoms with van der Waals surface area (Å²) < 4.78 is 25.8. The summed E-state index contributed by atoms with van der Waals surface area (Å²) in [6, 6.07) is 10.5. The van der Waals surface area contributed by atoms with Crippen LogP contribution in [0.15, 0.2) is 41.3 Å². The van der Waals surface area contributed by atoms with Crippen molar-refractivity contribution in [3.8, 4) is 0 Å². The Labute approximate surface area is 207 Å². The van der Waals surface area contributed by atoms with Crippen molar-refractivity contribution in [3.63, 3.8) is 0 Å². The Hall–Kier alpha value is -2.00. The third-order valence-corrected chi connectivity index (χ3v) is 8.60. The van der Waals surface area contributed by atoms with Gasteiger partial charge in [0.05, 0.1) is 20.9 Å². The van der Waals surface area contributed by atoms with Gasteiger partial charge < -0.3 is 4.90 Å². The van der Waals surface area contributed by atoms with Crippen molar-refractivity contribution in [2.75, 3.05) is 36.8 Å². The first-order chi connectivity index (χ1) is 15.2. The molecule has 6 nitrogen and oxygen atoms in total. The molecule has 1 aromatic heterocycles. The molecule has 0 radical (unpaired) electrons. The van der Waals surface area contributed by atoms with E-state index >= 15 is 0 Å². The Bertz CT molecular complexity index is 1220. The second-order valence-electron chi connectivity index (χ2n) is 7.84. The van der Waals surface area contributed by atoms with Crippen LogP contribution in [0.3, 0.4) is 0 Å². The highest BCUT2D eigenvalue weighted by Gasteiger charge is 2.24. The fraction of sp³-hybridized carbons (Fsp3) is 0.417. The highest BCUT2D eigenvalue weighted by atomic mass is 35.5.